The molecule has 0 saturated carbocycles. The lowest BCUT2D eigenvalue weighted by Gasteiger charge is -2.10. The maximum Gasteiger partial charge on any atom is 0.224 e. The number of anilines is 3. The van der Waals surface area contributed by atoms with E-state index in [4.69, 9.17) is 11.6 Å². The van der Waals surface area contributed by atoms with Gasteiger partial charge in [0.15, 0.2) is 0 Å². The first kappa shape index (κ1) is 13.0. The fourth-order valence-corrected chi connectivity index (χ4v) is 1.75. The molecule has 0 unspecified atom stereocenters. The van der Waals surface area contributed by atoms with Crippen molar-refractivity contribution in [2.75, 3.05) is 17.7 Å². The molecule has 94 valence electrons. The Bertz CT molecular complexity index is 579. The summed E-state index contributed by atoms with van der Waals surface area (Å²) >= 11 is 9.28. The largest absolute Gasteiger partial charge is 0.357 e. The average Bonchev–Trinajstić information content (AvgIpc) is 2.36. The quantitative estimate of drug-likeness (QED) is 0.898. The fraction of sp³-hybridized carbons (Fsp3) is 0.0909. The standard InChI is InChI=1S/C11H9BrClFN4/c1-15-11-16-5-7(12)10(18-11)17-9-4-6(14)2-3-8(9)13/h2-5H,1H3,(H2,15,16,17,18). The van der Waals surface area contributed by atoms with Gasteiger partial charge in [-0.2, -0.15) is 4.98 Å². The van der Waals surface area contributed by atoms with Gasteiger partial charge in [0.05, 0.1) is 15.2 Å². The molecular formula is C11H9BrClFN4. The van der Waals surface area contributed by atoms with Crippen molar-refractivity contribution in [2.45, 2.75) is 0 Å². The molecule has 1 aromatic heterocycles. The van der Waals surface area contributed by atoms with Crippen LogP contribution in [0.4, 0.5) is 21.8 Å². The van der Waals surface area contributed by atoms with Crippen molar-refractivity contribution >= 4 is 45.0 Å². The molecular weight excluding hydrogens is 323 g/mol. The van der Waals surface area contributed by atoms with Gasteiger partial charge < -0.3 is 10.6 Å². The van der Waals surface area contributed by atoms with E-state index in [0.29, 0.717) is 26.9 Å². The van der Waals surface area contributed by atoms with Crippen molar-refractivity contribution in [3.05, 3.63) is 39.7 Å². The predicted octanol–water partition coefficient (Wildman–Crippen LogP) is 3.82. The van der Waals surface area contributed by atoms with Crippen LogP contribution in [0.2, 0.25) is 5.02 Å². The van der Waals surface area contributed by atoms with Crippen molar-refractivity contribution in [2.24, 2.45) is 0 Å². The first-order valence-corrected chi connectivity index (χ1v) is 6.19. The summed E-state index contributed by atoms with van der Waals surface area (Å²) in [6.07, 6.45) is 1.59. The lowest BCUT2D eigenvalue weighted by atomic mass is 10.3. The van der Waals surface area contributed by atoms with Gasteiger partial charge in [0.25, 0.3) is 0 Å². The molecule has 2 rings (SSSR count). The summed E-state index contributed by atoms with van der Waals surface area (Å²) in [7, 11) is 1.71. The summed E-state index contributed by atoms with van der Waals surface area (Å²) in [6.45, 7) is 0. The van der Waals surface area contributed by atoms with Crippen LogP contribution in [0.25, 0.3) is 0 Å². The highest BCUT2D eigenvalue weighted by Crippen LogP contribution is 2.29. The van der Waals surface area contributed by atoms with Crippen LogP contribution in [-0.2, 0) is 0 Å². The number of rotatable bonds is 3. The Hall–Kier alpha value is -1.40. The molecule has 0 aliphatic carbocycles. The van der Waals surface area contributed by atoms with Gasteiger partial charge in [0, 0.05) is 13.2 Å². The first-order valence-electron chi connectivity index (χ1n) is 5.02. The minimum atomic E-state index is -0.374. The van der Waals surface area contributed by atoms with Gasteiger partial charge >= 0.3 is 0 Å². The SMILES string of the molecule is CNc1ncc(Br)c(Nc2cc(F)ccc2Cl)n1. The number of halogens is 3. The van der Waals surface area contributed by atoms with Crippen LogP contribution in [0.15, 0.2) is 28.9 Å². The van der Waals surface area contributed by atoms with Crippen LogP contribution in [-0.4, -0.2) is 17.0 Å². The van der Waals surface area contributed by atoms with Crippen LogP contribution >= 0.6 is 27.5 Å². The Labute approximate surface area is 117 Å². The van der Waals surface area contributed by atoms with Gasteiger partial charge in [0.2, 0.25) is 5.95 Å². The Morgan fingerprint density at radius 3 is 2.89 bits per heavy atom. The Morgan fingerprint density at radius 1 is 1.39 bits per heavy atom. The van der Waals surface area contributed by atoms with Crippen LogP contribution in [0.3, 0.4) is 0 Å². The van der Waals surface area contributed by atoms with Crippen LogP contribution < -0.4 is 10.6 Å². The van der Waals surface area contributed by atoms with Gasteiger partial charge in [-0.1, -0.05) is 11.6 Å². The highest BCUT2D eigenvalue weighted by atomic mass is 79.9. The van der Waals surface area contributed by atoms with Crippen LogP contribution in [0.5, 0.6) is 0 Å². The van der Waals surface area contributed by atoms with Gasteiger partial charge in [-0.05, 0) is 34.1 Å². The minimum Gasteiger partial charge on any atom is -0.357 e. The van der Waals surface area contributed by atoms with Gasteiger partial charge in [-0.15, -0.1) is 0 Å². The molecule has 0 atom stereocenters. The highest BCUT2D eigenvalue weighted by Gasteiger charge is 2.08. The zero-order valence-electron chi connectivity index (χ0n) is 9.34. The van der Waals surface area contributed by atoms with Crippen LogP contribution in [0.1, 0.15) is 0 Å². The number of hydrogen-bond donors (Lipinski definition) is 2. The predicted molar refractivity (Wildman–Crippen MR) is 74.0 cm³/mol. The second-order valence-corrected chi connectivity index (χ2v) is 4.65. The summed E-state index contributed by atoms with van der Waals surface area (Å²) in [4.78, 5) is 8.22. The number of benzene rings is 1. The third kappa shape index (κ3) is 2.88. The van der Waals surface area contributed by atoms with Crippen molar-refractivity contribution in [3.63, 3.8) is 0 Å². The van der Waals surface area contributed by atoms with E-state index in [-0.39, 0.29) is 5.82 Å². The van der Waals surface area contributed by atoms with E-state index in [1.54, 1.807) is 13.2 Å². The van der Waals surface area contributed by atoms with E-state index in [0.717, 1.165) is 0 Å². The number of hydrogen-bond acceptors (Lipinski definition) is 4. The number of nitrogens with one attached hydrogen (secondary N) is 2. The molecule has 0 bridgehead atoms. The lowest BCUT2D eigenvalue weighted by Crippen LogP contribution is -2.01. The normalized spacial score (nSPS) is 10.2. The molecule has 4 nitrogen and oxygen atoms in total. The molecule has 2 N–H and O–H groups in total. The van der Waals surface area contributed by atoms with E-state index in [1.807, 2.05) is 0 Å². The van der Waals surface area contributed by atoms with Gasteiger partial charge in [-0.3, -0.25) is 0 Å². The summed E-state index contributed by atoms with van der Waals surface area (Å²) in [5.41, 5.74) is 0.443. The fourth-order valence-electron chi connectivity index (χ4n) is 1.30. The number of nitrogens with zero attached hydrogens (tertiary/aromatic N) is 2. The van der Waals surface area contributed by atoms with E-state index < -0.39 is 0 Å². The van der Waals surface area contributed by atoms with Crippen molar-refractivity contribution in [1.82, 2.24) is 9.97 Å². The Balaban J connectivity index is 2.36. The van der Waals surface area contributed by atoms with Crippen LogP contribution in [0, 0.1) is 5.82 Å². The molecule has 0 aliphatic rings. The third-order valence-electron chi connectivity index (χ3n) is 2.15. The van der Waals surface area contributed by atoms with Gasteiger partial charge in [0.1, 0.15) is 11.6 Å². The second kappa shape index (κ2) is 5.49. The average molecular weight is 332 g/mol. The summed E-state index contributed by atoms with van der Waals surface area (Å²) in [6, 6.07) is 4.07. The van der Waals surface area contributed by atoms with Crippen molar-refractivity contribution in [3.8, 4) is 0 Å². The third-order valence-corrected chi connectivity index (χ3v) is 3.06. The molecule has 0 radical (unpaired) electrons. The molecule has 0 amide bonds. The van der Waals surface area contributed by atoms with E-state index in [9.17, 15) is 4.39 Å². The van der Waals surface area contributed by atoms with E-state index in [1.165, 1.54) is 18.2 Å². The van der Waals surface area contributed by atoms with Gasteiger partial charge in [-0.25, -0.2) is 9.37 Å². The Morgan fingerprint density at radius 2 is 2.17 bits per heavy atom. The van der Waals surface area contributed by atoms with E-state index in [2.05, 4.69) is 36.5 Å². The second-order valence-electron chi connectivity index (χ2n) is 3.39. The molecule has 2 aromatic rings. The zero-order valence-corrected chi connectivity index (χ0v) is 11.7. The topological polar surface area (TPSA) is 49.8 Å². The molecule has 18 heavy (non-hydrogen) atoms. The highest BCUT2D eigenvalue weighted by molar-refractivity contribution is 9.10. The smallest absolute Gasteiger partial charge is 0.224 e. The summed E-state index contributed by atoms with van der Waals surface area (Å²) in [5, 5.41) is 6.17. The molecule has 0 saturated heterocycles. The molecule has 1 heterocycles. The van der Waals surface area contributed by atoms with Crippen molar-refractivity contribution < 1.29 is 4.39 Å². The van der Waals surface area contributed by atoms with E-state index >= 15 is 0 Å². The molecule has 7 heteroatoms. The summed E-state index contributed by atoms with van der Waals surface area (Å²) in [5.74, 6) is 0.580. The molecule has 0 fully saturated rings. The molecule has 0 spiro atoms. The lowest BCUT2D eigenvalue weighted by molar-refractivity contribution is 0.628. The summed E-state index contributed by atoms with van der Waals surface area (Å²) < 4.78 is 13.8. The Kier molecular flexibility index (Phi) is 3.98. The minimum absolute atomic E-state index is 0.374. The van der Waals surface area contributed by atoms with Crippen molar-refractivity contribution in [1.29, 1.82) is 0 Å². The maximum atomic E-state index is 13.1. The first-order chi connectivity index (χ1) is 8.60. The monoisotopic (exact) mass is 330 g/mol. The molecule has 1 aromatic carbocycles. The maximum absolute atomic E-state index is 13.1. The zero-order chi connectivity index (χ0) is 13.1. The number of aromatic nitrogens is 2. The molecule has 0 aliphatic heterocycles.